The van der Waals surface area contributed by atoms with Crippen molar-refractivity contribution >= 4 is 11.9 Å². The highest BCUT2D eigenvalue weighted by Crippen LogP contribution is 2.45. The first-order valence-electron chi connectivity index (χ1n) is 6.75. The molecule has 1 aromatic carbocycles. The van der Waals surface area contributed by atoms with E-state index < -0.39 is 11.5 Å². The van der Waals surface area contributed by atoms with E-state index in [4.69, 9.17) is 9.84 Å². The molecule has 1 aliphatic carbocycles. The van der Waals surface area contributed by atoms with Crippen LogP contribution in [0.15, 0.2) is 18.2 Å². The molecule has 1 amide bonds. The molecule has 106 valence electrons. The minimum atomic E-state index is -0.899. The van der Waals surface area contributed by atoms with Gasteiger partial charge in [-0.05, 0) is 37.0 Å². The fourth-order valence-electron chi connectivity index (χ4n) is 3.31. The van der Waals surface area contributed by atoms with Crippen molar-refractivity contribution in [3.05, 3.63) is 29.3 Å². The normalized spacial score (nSPS) is 20.1. The van der Waals surface area contributed by atoms with Crippen LogP contribution in [0.5, 0.6) is 5.75 Å². The Labute approximate surface area is 117 Å². The van der Waals surface area contributed by atoms with Gasteiger partial charge in [-0.25, -0.2) is 4.79 Å². The quantitative estimate of drug-likeness (QED) is 0.853. The molecule has 0 aromatic heterocycles. The minimum Gasteiger partial charge on any atom is -0.497 e. The fraction of sp³-hybridized carbons (Fsp3) is 0.467. The maximum Gasteiger partial charge on any atom is 0.407 e. The van der Waals surface area contributed by atoms with E-state index in [1.165, 1.54) is 4.90 Å². The van der Waals surface area contributed by atoms with E-state index >= 15 is 0 Å². The van der Waals surface area contributed by atoms with E-state index in [1.807, 2.05) is 12.1 Å². The molecule has 2 aliphatic rings. The molecule has 20 heavy (non-hydrogen) atoms. The summed E-state index contributed by atoms with van der Waals surface area (Å²) in [4.78, 5) is 25.1. The van der Waals surface area contributed by atoms with Crippen molar-refractivity contribution in [3.63, 3.8) is 0 Å². The Morgan fingerprint density at radius 2 is 2.05 bits per heavy atom. The van der Waals surface area contributed by atoms with E-state index in [2.05, 4.69) is 0 Å². The number of carbonyl (C=O) groups is 2. The van der Waals surface area contributed by atoms with Gasteiger partial charge in [0.15, 0.2) is 5.78 Å². The lowest BCUT2D eigenvalue weighted by molar-refractivity contribution is 0.0621. The van der Waals surface area contributed by atoms with Gasteiger partial charge in [0.1, 0.15) is 5.75 Å². The number of rotatable bonds is 1. The Hall–Kier alpha value is -2.04. The number of carboxylic acid groups (broad SMARTS) is 1. The summed E-state index contributed by atoms with van der Waals surface area (Å²) in [6.45, 7) is 0.873. The first kappa shape index (κ1) is 13.0. The third kappa shape index (κ3) is 1.85. The SMILES string of the molecule is COc1ccc2c(c1)C(=O)C1(CCN(C(=O)O)CC1)C2. The number of hydrogen-bond acceptors (Lipinski definition) is 3. The third-order valence-corrected chi connectivity index (χ3v) is 4.56. The van der Waals surface area contributed by atoms with Crippen LogP contribution < -0.4 is 4.74 Å². The lowest BCUT2D eigenvalue weighted by atomic mass is 9.75. The largest absolute Gasteiger partial charge is 0.497 e. The molecule has 1 aliphatic heterocycles. The summed E-state index contributed by atoms with van der Waals surface area (Å²) in [7, 11) is 1.59. The summed E-state index contributed by atoms with van der Waals surface area (Å²) in [6.07, 6.45) is 1.03. The van der Waals surface area contributed by atoms with Crippen LogP contribution in [-0.4, -0.2) is 42.1 Å². The number of ketones is 1. The zero-order valence-electron chi connectivity index (χ0n) is 11.4. The molecular weight excluding hydrogens is 258 g/mol. The van der Waals surface area contributed by atoms with Gasteiger partial charge in [0.25, 0.3) is 0 Å². The highest BCUT2D eigenvalue weighted by molar-refractivity contribution is 6.05. The summed E-state index contributed by atoms with van der Waals surface area (Å²) in [5.41, 5.74) is 1.40. The van der Waals surface area contributed by atoms with Crippen molar-refractivity contribution < 1.29 is 19.4 Å². The zero-order valence-corrected chi connectivity index (χ0v) is 11.4. The van der Waals surface area contributed by atoms with Gasteiger partial charge in [0, 0.05) is 24.1 Å². The smallest absolute Gasteiger partial charge is 0.407 e. The van der Waals surface area contributed by atoms with Crippen LogP contribution in [0.4, 0.5) is 4.79 Å². The number of nitrogens with zero attached hydrogens (tertiary/aromatic N) is 1. The topological polar surface area (TPSA) is 66.8 Å². The predicted octanol–water partition coefficient (Wildman–Crippen LogP) is 2.19. The first-order valence-corrected chi connectivity index (χ1v) is 6.75. The Kier molecular flexibility index (Phi) is 2.92. The van der Waals surface area contributed by atoms with Crippen LogP contribution in [-0.2, 0) is 6.42 Å². The lowest BCUT2D eigenvalue weighted by Gasteiger charge is -2.36. The molecular formula is C15H17NO4. The molecule has 0 saturated carbocycles. The van der Waals surface area contributed by atoms with Gasteiger partial charge in [-0.1, -0.05) is 6.07 Å². The maximum atomic E-state index is 12.7. The summed E-state index contributed by atoms with van der Waals surface area (Å²) < 4.78 is 5.17. The lowest BCUT2D eigenvalue weighted by Crippen LogP contribution is -2.45. The fourth-order valence-corrected chi connectivity index (χ4v) is 3.31. The average Bonchev–Trinajstić information content (AvgIpc) is 2.72. The van der Waals surface area contributed by atoms with Crippen LogP contribution in [0.2, 0.25) is 0 Å². The van der Waals surface area contributed by atoms with Gasteiger partial charge in [-0.15, -0.1) is 0 Å². The summed E-state index contributed by atoms with van der Waals surface area (Å²) in [5, 5.41) is 9.00. The molecule has 1 aromatic rings. The molecule has 1 N–H and O–H groups in total. The second-order valence-electron chi connectivity index (χ2n) is 5.58. The second-order valence-corrected chi connectivity index (χ2v) is 5.58. The van der Waals surface area contributed by atoms with E-state index in [0.29, 0.717) is 31.7 Å². The molecule has 0 unspecified atom stereocenters. The molecule has 0 radical (unpaired) electrons. The standard InChI is InChI=1S/C15H17NO4/c1-20-11-3-2-10-9-15(13(17)12(10)8-11)4-6-16(7-5-15)14(18)19/h2-3,8H,4-7,9H2,1H3,(H,18,19). The maximum absolute atomic E-state index is 12.7. The van der Waals surface area contributed by atoms with Gasteiger partial charge in [-0.3, -0.25) is 4.79 Å². The van der Waals surface area contributed by atoms with Crippen molar-refractivity contribution in [2.45, 2.75) is 19.3 Å². The Morgan fingerprint density at radius 1 is 1.35 bits per heavy atom. The number of ether oxygens (including phenoxy) is 1. The van der Waals surface area contributed by atoms with E-state index in [0.717, 1.165) is 17.5 Å². The number of benzene rings is 1. The molecule has 1 spiro atoms. The summed E-state index contributed by atoms with van der Waals surface area (Å²) in [5.74, 6) is 0.841. The molecule has 5 nitrogen and oxygen atoms in total. The molecule has 5 heteroatoms. The van der Waals surface area contributed by atoms with Crippen LogP contribution in [0.3, 0.4) is 0 Å². The first-order chi connectivity index (χ1) is 9.55. The van der Waals surface area contributed by atoms with Crippen LogP contribution in [0, 0.1) is 5.41 Å². The monoisotopic (exact) mass is 275 g/mol. The Bertz CT molecular complexity index is 573. The Morgan fingerprint density at radius 3 is 2.65 bits per heavy atom. The predicted molar refractivity (Wildman–Crippen MR) is 72.3 cm³/mol. The molecule has 1 heterocycles. The van der Waals surface area contributed by atoms with Gasteiger partial charge >= 0.3 is 6.09 Å². The number of likely N-dealkylation sites (tertiary alicyclic amines) is 1. The van der Waals surface area contributed by atoms with Crippen LogP contribution in [0.25, 0.3) is 0 Å². The van der Waals surface area contributed by atoms with Crippen molar-refractivity contribution in [1.82, 2.24) is 4.90 Å². The van der Waals surface area contributed by atoms with Crippen molar-refractivity contribution in [2.75, 3.05) is 20.2 Å². The molecule has 0 bridgehead atoms. The van der Waals surface area contributed by atoms with Crippen molar-refractivity contribution in [3.8, 4) is 5.75 Å². The highest BCUT2D eigenvalue weighted by atomic mass is 16.5. The summed E-state index contributed by atoms with van der Waals surface area (Å²) in [6, 6.07) is 5.62. The number of piperidine rings is 1. The minimum absolute atomic E-state index is 0.149. The molecule has 0 atom stereocenters. The Balaban J connectivity index is 1.85. The van der Waals surface area contributed by atoms with Gasteiger partial charge < -0.3 is 14.7 Å². The highest BCUT2D eigenvalue weighted by Gasteiger charge is 2.47. The van der Waals surface area contributed by atoms with Gasteiger partial charge in [0.05, 0.1) is 7.11 Å². The third-order valence-electron chi connectivity index (χ3n) is 4.56. The van der Waals surface area contributed by atoms with Gasteiger partial charge in [0.2, 0.25) is 0 Å². The molecule has 1 fully saturated rings. The average molecular weight is 275 g/mol. The van der Waals surface area contributed by atoms with E-state index in [-0.39, 0.29) is 5.78 Å². The van der Waals surface area contributed by atoms with E-state index in [1.54, 1.807) is 13.2 Å². The zero-order chi connectivity index (χ0) is 14.3. The van der Waals surface area contributed by atoms with Gasteiger partial charge in [-0.2, -0.15) is 0 Å². The second kappa shape index (κ2) is 4.51. The van der Waals surface area contributed by atoms with Crippen molar-refractivity contribution in [1.29, 1.82) is 0 Å². The number of Topliss-reactive ketones (excluding diaryl/α,β-unsaturated/α-hetero) is 1. The number of fused-ring (bicyclic) bond motifs is 1. The number of hydrogen-bond donors (Lipinski definition) is 1. The van der Waals surface area contributed by atoms with E-state index in [9.17, 15) is 9.59 Å². The van der Waals surface area contributed by atoms with Crippen LogP contribution >= 0.6 is 0 Å². The molecule has 3 rings (SSSR count). The van der Waals surface area contributed by atoms with Crippen LogP contribution in [0.1, 0.15) is 28.8 Å². The summed E-state index contributed by atoms with van der Waals surface area (Å²) >= 11 is 0. The number of carbonyl (C=O) groups excluding carboxylic acids is 1. The van der Waals surface area contributed by atoms with Crippen molar-refractivity contribution in [2.24, 2.45) is 5.41 Å². The number of amides is 1. The molecule has 1 saturated heterocycles. The number of methoxy groups -OCH3 is 1.